The maximum Gasteiger partial charge on any atom is 0.312 e. The maximum atomic E-state index is 14.7. The number of carbonyl (C=O) groups is 1. The maximum absolute atomic E-state index is 14.7. The lowest BCUT2D eigenvalue weighted by Gasteiger charge is -2.45. The first-order chi connectivity index (χ1) is 13.8. The van der Waals surface area contributed by atoms with Crippen LogP contribution in [0.2, 0.25) is 0 Å². The molecule has 0 spiro atoms. The van der Waals surface area contributed by atoms with Crippen molar-refractivity contribution in [1.29, 1.82) is 0 Å². The first-order valence-corrected chi connectivity index (χ1v) is 11.5. The van der Waals surface area contributed by atoms with E-state index in [-0.39, 0.29) is 29.4 Å². The number of aliphatic imine (C=N–C) groups is 1. The van der Waals surface area contributed by atoms with Crippen molar-refractivity contribution in [1.82, 2.24) is 4.98 Å². The zero-order valence-corrected chi connectivity index (χ0v) is 18.5. The summed E-state index contributed by atoms with van der Waals surface area (Å²) in [5.41, 5.74) is 2.99. The molecule has 0 saturated carbocycles. The Morgan fingerprint density at radius 3 is 2.70 bits per heavy atom. The number of hydrogen-bond donors (Lipinski definition) is 1. The summed E-state index contributed by atoms with van der Waals surface area (Å²) >= 11 is 0. The third-order valence-corrected chi connectivity index (χ3v) is 8.79. The number of pyridine rings is 1. The van der Waals surface area contributed by atoms with Gasteiger partial charge >= 0.3 is 5.97 Å². The fourth-order valence-electron chi connectivity index (χ4n) is 3.97. The van der Waals surface area contributed by atoms with Gasteiger partial charge in [-0.1, -0.05) is 0 Å². The van der Waals surface area contributed by atoms with E-state index in [1.54, 1.807) is 27.7 Å². The molecule has 166 valence electrons. The number of rotatable bonds is 4. The van der Waals surface area contributed by atoms with E-state index in [2.05, 4.69) is 14.3 Å². The summed E-state index contributed by atoms with van der Waals surface area (Å²) < 4.78 is 51.9. The molecule has 0 saturated heterocycles. The minimum Gasteiger partial charge on any atom is -0.460 e. The quantitative estimate of drug-likeness (QED) is 0.721. The van der Waals surface area contributed by atoms with Gasteiger partial charge in [0.2, 0.25) is 0 Å². The van der Waals surface area contributed by atoms with Gasteiger partial charge in [-0.15, -0.1) is 0 Å². The second-order valence-electron chi connectivity index (χ2n) is 9.03. The summed E-state index contributed by atoms with van der Waals surface area (Å²) in [4.78, 5) is 21.1. The van der Waals surface area contributed by atoms with Crippen molar-refractivity contribution in [3.05, 3.63) is 23.6 Å². The zero-order valence-electron chi connectivity index (χ0n) is 17.7. The van der Waals surface area contributed by atoms with Crippen LogP contribution in [0.4, 0.5) is 14.6 Å². The summed E-state index contributed by atoms with van der Waals surface area (Å²) in [7, 11) is -3.07. The number of carbonyl (C=O) groups excluding carboxylic acids is 1. The molecule has 3 rings (SSSR count). The molecule has 0 unspecified atom stereocenters. The topological polar surface area (TPSA) is 107 Å². The predicted molar refractivity (Wildman–Crippen MR) is 112 cm³/mol. The number of fused-ring (bicyclic) bond motifs is 1. The van der Waals surface area contributed by atoms with Crippen LogP contribution in [0.5, 0.6) is 0 Å². The summed E-state index contributed by atoms with van der Waals surface area (Å²) in [5.74, 6) is -1.71. The van der Waals surface area contributed by atoms with Crippen LogP contribution >= 0.6 is 0 Å². The number of nitrogens with zero attached hydrogens (tertiary/aromatic N) is 3. The number of ether oxygens (including phenoxy) is 1. The molecule has 10 heteroatoms. The molecule has 3 atom stereocenters. The van der Waals surface area contributed by atoms with Gasteiger partial charge in [0.05, 0.1) is 26.6 Å². The average Bonchev–Trinajstić information content (AvgIpc) is 2.63. The molecule has 0 amide bonds. The number of hydrogen-bond acceptors (Lipinski definition) is 7. The molecule has 0 aromatic carbocycles. The van der Waals surface area contributed by atoms with E-state index < -0.39 is 44.1 Å². The Labute approximate surface area is 175 Å². The van der Waals surface area contributed by atoms with Crippen molar-refractivity contribution in [2.24, 2.45) is 9.36 Å². The van der Waals surface area contributed by atoms with E-state index >= 15 is 0 Å². The normalized spacial score (nSPS) is 31.3. The molecule has 2 aliphatic heterocycles. The smallest absolute Gasteiger partial charge is 0.312 e. The molecule has 1 aromatic rings. The van der Waals surface area contributed by atoms with Crippen LogP contribution in [0, 0.1) is 5.82 Å². The number of alkyl halides is 1. The highest BCUT2D eigenvalue weighted by molar-refractivity contribution is 7.96. The van der Waals surface area contributed by atoms with E-state index in [9.17, 15) is 17.8 Å². The fourth-order valence-corrected chi connectivity index (χ4v) is 6.97. The predicted octanol–water partition coefficient (Wildman–Crippen LogP) is 3.17. The van der Waals surface area contributed by atoms with Gasteiger partial charge in [0.25, 0.3) is 0 Å². The van der Waals surface area contributed by atoms with Crippen LogP contribution in [-0.2, 0) is 24.8 Å². The van der Waals surface area contributed by atoms with Crippen molar-refractivity contribution >= 4 is 27.2 Å². The molecule has 0 fully saturated rings. The molecular formula is C20H28F2N4O3S. The summed E-state index contributed by atoms with van der Waals surface area (Å²) in [6.45, 7) is 6.11. The molecule has 3 heterocycles. The van der Waals surface area contributed by atoms with E-state index in [4.69, 9.17) is 10.5 Å². The van der Waals surface area contributed by atoms with Crippen molar-refractivity contribution in [2.45, 2.75) is 62.8 Å². The first-order valence-electron chi connectivity index (χ1n) is 9.84. The summed E-state index contributed by atoms with van der Waals surface area (Å²) in [6, 6.07) is 2.34. The Hall–Kier alpha value is -2.10. The van der Waals surface area contributed by atoms with Gasteiger partial charge in [-0.3, -0.25) is 9.79 Å². The lowest BCUT2D eigenvalue weighted by atomic mass is 9.91. The van der Waals surface area contributed by atoms with Crippen molar-refractivity contribution in [3.63, 3.8) is 0 Å². The second kappa shape index (κ2) is 7.55. The molecule has 0 aliphatic carbocycles. The van der Waals surface area contributed by atoms with E-state index in [1.807, 2.05) is 0 Å². The van der Waals surface area contributed by atoms with Gasteiger partial charge in [-0.05, 0) is 52.7 Å². The Morgan fingerprint density at radius 1 is 1.37 bits per heavy atom. The lowest BCUT2D eigenvalue weighted by Crippen LogP contribution is -2.57. The summed E-state index contributed by atoms with van der Waals surface area (Å²) in [5, 5.41) is 0. The van der Waals surface area contributed by atoms with Crippen LogP contribution in [0.15, 0.2) is 21.5 Å². The highest BCUT2D eigenvalue weighted by Crippen LogP contribution is 2.44. The monoisotopic (exact) mass is 442 g/mol. The molecule has 0 radical (unpaired) electrons. The highest BCUT2D eigenvalue weighted by atomic mass is 32.2. The minimum absolute atomic E-state index is 0.00742. The van der Waals surface area contributed by atoms with Gasteiger partial charge < -0.3 is 10.5 Å². The van der Waals surface area contributed by atoms with E-state index in [0.717, 1.165) is 6.07 Å². The van der Waals surface area contributed by atoms with Gasteiger partial charge in [0.1, 0.15) is 35.1 Å². The van der Waals surface area contributed by atoms with Crippen molar-refractivity contribution < 1.29 is 22.5 Å². The van der Waals surface area contributed by atoms with Gasteiger partial charge in [0.15, 0.2) is 0 Å². The van der Waals surface area contributed by atoms with Gasteiger partial charge in [-0.2, -0.15) is 0 Å². The Bertz CT molecular complexity index is 1010. The van der Waals surface area contributed by atoms with Gasteiger partial charge in [-0.25, -0.2) is 22.3 Å². The van der Waals surface area contributed by atoms with E-state index in [0.29, 0.717) is 19.4 Å². The number of halogens is 2. The first kappa shape index (κ1) is 22.6. The fraction of sp³-hybridized carbons (Fsp3) is 0.650. The van der Waals surface area contributed by atoms with Crippen LogP contribution in [0.25, 0.3) is 0 Å². The third kappa shape index (κ3) is 3.93. The Kier molecular flexibility index (Phi) is 5.68. The third-order valence-electron chi connectivity index (χ3n) is 5.47. The molecule has 7 nitrogen and oxygen atoms in total. The molecule has 0 bridgehead atoms. The number of aromatic nitrogens is 1. The average molecular weight is 443 g/mol. The molecule has 2 N–H and O–H groups in total. The minimum atomic E-state index is -3.07. The number of nitrogen functional groups attached to an aromatic ring is 1. The number of nitrogens with two attached hydrogens (primary N) is 1. The second-order valence-corrected chi connectivity index (χ2v) is 11.8. The molecule has 1 aromatic heterocycles. The van der Waals surface area contributed by atoms with Crippen LogP contribution in [0.3, 0.4) is 0 Å². The largest absolute Gasteiger partial charge is 0.460 e. The van der Waals surface area contributed by atoms with Crippen LogP contribution in [0.1, 0.15) is 52.7 Å². The standard InChI is InChI=1S/C20H28F2N4O3S/c1-18(2,3)29-16(27)10-14-19(4)8-5-9-24-30(19,28)12-20(11-21,26-14)17-13(22)6-7-15(23)25-17/h6-7H,5,8-12H2,1-4H3,(H2,23,25)/t19-,20+,30-/m1/s1. The lowest BCUT2D eigenvalue weighted by molar-refractivity contribution is -0.153. The van der Waals surface area contributed by atoms with Crippen molar-refractivity contribution in [2.75, 3.05) is 24.7 Å². The van der Waals surface area contributed by atoms with Gasteiger partial charge in [0, 0.05) is 12.3 Å². The Balaban J connectivity index is 2.20. The van der Waals surface area contributed by atoms with E-state index in [1.165, 1.54) is 6.07 Å². The molecule has 30 heavy (non-hydrogen) atoms. The molecule has 2 aliphatic rings. The Morgan fingerprint density at radius 2 is 2.07 bits per heavy atom. The van der Waals surface area contributed by atoms with Crippen LogP contribution < -0.4 is 5.73 Å². The SMILES string of the molecule is CC(C)(C)OC(=O)CC1=N[C@](CF)(c2nc(N)ccc2F)C[S@]2(=O)=NCCC[C@]12C. The van der Waals surface area contributed by atoms with Crippen LogP contribution in [-0.4, -0.2) is 50.2 Å². The number of esters is 1. The molecular weight excluding hydrogens is 414 g/mol. The zero-order chi connectivity index (χ0) is 22.4. The number of anilines is 1. The van der Waals surface area contributed by atoms with Crippen molar-refractivity contribution in [3.8, 4) is 0 Å². The summed E-state index contributed by atoms with van der Waals surface area (Å²) in [6.07, 6.45) is 0.854. The highest BCUT2D eigenvalue weighted by Gasteiger charge is 2.54.